The van der Waals surface area contributed by atoms with Crippen molar-refractivity contribution in [1.29, 1.82) is 5.26 Å². The zero-order chi connectivity index (χ0) is 8.10. The van der Waals surface area contributed by atoms with Gasteiger partial charge in [0.15, 0.2) is 0 Å². The van der Waals surface area contributed by atoms with E-state index in [9.17, 15) is 0 Å². The van der Waals surface area contributed by atoms with Crippen LogP contribution in [-0.4, -0.2) is 0 Å². The largest absolute Gasteiger partial charge is 0.198 e. The zero-order valence-electron chi connectivity index (χ0n) is 7.14. The highest BCUT2D eigenvalue weighted by Crippen LogP contribution is 2.26. The smallest absolute Gasteiger partial charge is 0.0624 e. The first-order chi connectivity index (χ1) is 5.36. The normalized spacial score (nSPS) is 24.0. The van der Waals surface area contributed by atoms with E-state index >= 15 is 0 Å². The average Bonchev–Trinajstić information content (AvgIpc) is 2.07. The summed E-state index contributed by atoms with van der Waals surface area (Å²) in [6, 6.07) is 2.24. The lowest BCUT2D eigenvalue weighted by Crippen LogP contribution is -2.04. The summed E-state index contributed by atoms with van der Waals surface area (Å²) in [6.45, 7) is 2.20. The second kappa shape index (κ2) is 4.18. The van der Waals surface area contributed by atoms with Gasteiger partial charge in [-0.1, -0.05) is 18.6 Å². The van der Waals surface area contributed by atoms with Gasteiger partial charge in [-0.05, 0) is 31.6 Å². The molecular weight excluding hydrogens is 134 g/mol. The summed E-state index contributed by atoms with van der Waals surface area (Å²) in [5.74, 6) is 0.648. The molecule has 11 heavy (non-hydrogen) atoms. The Bertz CT molecular complexity index is 186. The quantitative estimate of drug-likeness (QED) is 0.553. The Hall–Kier alpha value is -0.770. The van der Waals surface area contributed by atoms with Crippen molar-refractivity contribution in [3.8, 4) is 6.07 Å². The minimum absolute atomic E-state index is 0.648. The number of allylic oxidation sites excluding steroid dienone is 2. The predicted molar refractivity (Wildman–Crippen MR) is 45.9 cm³/mol. The van der Waals surface area contributed by atoms with Gasteiger partial charge >= 0.3 is 0 Å². The Morgan fingerprint density at radius 3 is 3.00 bits per heavy atom. The van der Waals surface area contributed by atoms with Gasteiger partial charge in [0.25, 0.3) is 0 Å². The molecule has 0 fully saturated rings. The van der Waals surface area contributed by atoms with Crippen LogP contribution >= 0.6 is 0 Å². The van der Waals surface area contributed by atoms with Crippen LogP contribution < -0.4 is 0 Å². The minimum Gasteiger partial charge on any atom is -0.198 e. The molecule has 0 amide bonds. The highest BCUT2D eigenvalue weighted by atomic mass is 14.3. The first-order valence-corrected chi connectivity index (χ1v) is 4.41. The summed E-state index contributed by atoms with van der Waals surface area (Å²) in [7, 11) is 0. The first kappa shape index (κ1) is 8.33. The lowest BCUT2D eigenvalue weighted by Gasteiger charge is -2.18. The van der Waals surface area contributed by atoms with E-state index in [1.165, 1.54) is 19.3 Å². The second-order valence-electron chi connectivity index (χ2n) is 3.22. The Labute approximate surface area is 68.7 Å². The van der Waals surface area contributed by atoms with Gasteiger partial charge in [-0.3, -0.25) is 0 Å². The van der Waals surface area contributed by atoms with Crippen molar-refractivity contribution in [1.82, 2.24) is 0 Å². The van der Waals surface area contributed by atoms with Gasteiger partial charge in [-0.2, -0.15) is 5.26 Å². The maximum absolute atomic E-state index is 8.47. The zero-order valence-corrected chi connectivity index (χ0v) is 7.14. The monoisotopic (exact) mass is 149 g/mol. The molecule has 0 radical (unpaired) electrons. The summed E-state index contributed by atoms with van der Waals surface area (Å²) < 4.78 is 0. The molecular formula is C10H15N. The second-order valence-corrected chi connectivity index (χ2v) is 3.22. The van der Waals surface area contributed by atoms with Crippen LogP contribution in [0.25, 0.3) is 0 Å². The van der Waals surface area contributed by atoms with Crippen LogP contribution in [0, 0.1) is 17.2 Å². The molecule has 0 spiro atoms. The lowest BCUT2D eigenvalue weighted by molar-refractivity contribution is 0.475. The molecule has 1 nitrogen and oxygen atoms in total. The number of hydrogen-bond acceptors (Lipinski definition) is 1. The van der Waals surface area contributed by atoms with Gasteiger partial charge in [0, 0.05) is 6.42 Å². The molecule has 0 aromatic carbocycles. The Kier molecular flexibility index (Phi) is 3.16. The molecule has 1 atom stereocenters. The van der Waals surface area contributed by atoms with Crippen LogP contribution in [0.15, 0.2) is 11.6 Å². The highest BCUT2D eigenvalue weighted by molar-refractivity contribution is 5.06. The molecule has 1 unspecified atom stereocenters. The van der Waals surface area contributed by atoms with E-state index in [2.05, 4.69) is 19.1 Å². The van der Waals surface area contributed by atoms with E-state index in [4.69, 9.17) is 5.26 Å². The Balaban J connectivity index is 2.36. The molecule has 0 aliphatic heterocycles. The van der Waals surface area contributed by atoms with Crippen LogP contribution in [0.2, 0.25) is 0 Å². The van der Waals surface area contributed by atoms with Crippen LogP contribution in [0.1, 0.15) is 39.0 Å². The molecule has 0 heterocycles. The fraction of sp³-hybridized carbons (Fsp3) is 0.700. The molecule has 0 saturated carbocycles. The average molecular weight is 149 g/mol. The molecule has 60 valence electrons. The number of rotatable bonds is 2. The summed E-state index contributed by atoms with van der Waals surface area (Å²) in [4.78, 5) is 0. The topological polar surface area (TPSA) is 23.8 Å². The van der Waals surface area contributed by atoms with E-state index in [0.29, 0.717) is 5.92 Å². The van der Waals surface area contributed by atoms with Crippen LogP contribution in [0.3, 0.4) is 0 Å². The molecule has 0 aromatic heterocycles. The third kappa shape index (κ3) is 2.38. The number of hydrogen-bond donors (Lipinski definition) is 0. The van der Waals surface area contributed by atoms with Gasteiger partial charge in [-0.25, -0.2) is 0 Å². The fourth-order valence-corrected chi connectivity index (χ4v) is 1.58. The van der Waals surface area contributed by atoms with Crippen molar-refractivity contribution in [2.24, 2.45) is 5.92 Å². The highest BCUT2D eigenvalue weighted by Gasteiger charge is 2.12. The third-order valence-corrected chi connectivity index (χ3v) is 2.45. The molecule has 0 bridgehead atoms. The summed E-state index contributed by atoms with van der Waals surface area (Å²) in [5, 5.41) is 8.47. The van der Waals surface area contributed by atoms with Crippen molar-refractivity contribution < 1.29 is 0 Å². The molecule has 0 aromatic rings. The van der Waals surface area contributed by atoms with Crippen molar-refractivity contribution in [2.45, 2.75) is 39.0 Å². The fourth-order valence-electron chi connectivity index (χ4n) is 1.58. The van der Waals surface area contributed by atoms with Crippen molar-refractivity contribution in [2.75, 3.05) is 0 Å². The van der Waals surface area contributed by atoms with Crippen LogP contribution in [0.4, 0.5) is 0 Å². The van der Waals surface area contributed by atoms with Gasteiger partial charge in [-0.15, -0.1) is 0 Å². The molecule has 1 heteroatoms. The molecule has 0 saturated heterocycles. The van der Waals surface area contributed by atoms with E-state index in [1.54, 1.807) is 5.57 Å². The molecule has 1 aliphatic carbocycles. The van der Waals surface area contributed by atoms with Gasteiger partial charge in [0.2, 0.25) is 0 Å². The van der Waals surface area contributed by atoms with E-state index < -0.39 is 0 Å². The van der Waals surface area contributed by atoms with Crippen molar-refractivity contribution in [3.63, 3.8) is 0 Å². The molecule has 1 aliphatic rings. The molecule has 0 N–H and O–H groups in total. The van der Waals surface area contributed by atoms with Crippen molar-refractivity contribution in [3.05, 3.63) is 11.6 Å². The van der Waals surface area contributed by atoms with E-state index in [-0.39, 0.29) is 0 Å². The van der Waals surface area contributed by atoms with Gasteiger partial charge in [0.1, 0.15) is 0 Å². The third-order valence-electron chi connectivity index (χ3n) is 2.45. The minimum atomic E-state index is 0.648. The van der Waals surface area contributed by atoms with Crippen molar-refractivity contribution >= 4 is 0 Å². The van der Waals surface area contributed by atoms with Gasteiger partial charge < -0.3 is 0 Å². The van der Waals surface area contributed by atoms with E-state index in [1.807, 2.05) is 0 Å². The van der Waals surface area contributed by atoms with Crippen LogP contribution in [-0.2, 0) is 0 Å². The standard InChI is InChI=1S/C10H15N/c1-2-9-3-5-10(6-4-9)7-8-11/h3,10H,2,4-7H2,1H3. The Morgan fingerprint density at radius 2 is 2.55 bits per heavy atom. The summed E-state index contributed by atoms with van der Waals surface area (Å²) >= 11 is 0. The predicted octanol–water partition coefficient (Wildman–Crippen LogP) is 3.04. The van der Waals surface area contributed by atoms with E-state index in [0.717, 1.165) is 12.8 Å². The van der Waals surface area contributed by atoms with Crippen LogP contribution in [0.5, 0.6) is 0 Å². The summed E-state index contributed by atoms with van der Waals surface area (Å²) in [6.07, 6.45) is 7.85. The van der Waals surface area contributed by atoms with Gasteiger partial charge in [0.05, 0.1) is 6.07 Å². The summed E-state index contributed by atoms with van der Waals surface area (Å²) in [5.41, 5.74) is 1.58. The maximum Gasteiger partial charge on any atom is 0.0624 e. The number of nitriles is 1. The first-order valence-electron chi connectivity index (χ1n) is 4.41. The maximum atomic E-state index is 8.47. The Morgan fingerprint density at radius 1 is 1.73 bits per heavy atom. The number of nitrogens with zero attached hydrogens (tertiary/aromatic N) is 1. The lowest BCUT2D eigenvalue weighted by atomic mass is 9.87. The molecule has 1 rings (SSSR count). The SMILES string of the molecule is CCC1=CCC(CC#N)CC1.